The van der Waals surface area contributed by atoms with E-state index in [2.05, 4.69) is 4.98 Å². The Morgan fingerprint density at radius 1 is 1.43 bits per heavy atom. The van der Waals surface area contributed by atoms with Gasteiger partial charge >= 0.3 is 6.18 Å². The van der Waals surface area contributed by atoms with E-state index in [1.165, 1.54) is 4.90 Å². The number of anilines is 1. The fourth-order valence-corrected chi connectivity index (χ4v) is 1.77. The van der Waals surface area contributed by atoms with Crippen LogP contribution in [0.3, 0.4) is 0 Å². The topological polar surface area (TPSA) is 42.2 Å². The first-order chi connectivity index (χ1) is 6.36. The van der Waals surface area contributed by atoms with Crippen LogP contribution in [0.4, 0.5) is 18.3 Å². The molecule has 1 aromatic heterocycles. The molecule has 2 N–H and O–H groups in total. The van der Waals surface area contributed by atoms with Crippen LogP contribution in [0.1, 0.15) is 10.6 Å². The molecule has 14 heavy (non-hydrogen) atoms. The average Bonchev–Trinajstić information content (AvgIpc) is 2.46. The van der Waals surface area contributed by atoms with Crippen LogP contribution in [-0.2, 0) is 12.7 Å². The van der Waals surface area contributed by atoms with Gasteiger partial charge in [-0.15, -0.1) is 0 Å². The molecule has 0 aliphatic heterocycles. The minimum Gasteiger partial charge on any atom is -0.354 e. The first kappa shape index (κ1) is 11.3. The maximum atomic E-state index is 12.4. The second kappa shape index (κ2) is 3.74. The molecule has 0 atom stereocenters. The molecule has 1 heterocycles. The van der Waals surface area contributed by atoms with E-state index in [9.17, 15) is 13.2 Å². The lowest BCUT2D eigenvalue weighted by molar-refractivity contribution is -0.141. The predicted octanol–water partition coefficient (Wildman–Crippen LogP) is 1.69. The normalized spacial score (nSPS) is 11.9. The van der Waals surface area contributed by atoms with Gasteiger partial charge in [-0.2, -0.15) is 13.2 Å². The van der Waals surface area contributed by atoms with Gasteiger partial charge in [0.05, 0.1) is 4.88 Å². The summed E-state index contributed by atoms with van der Waals surface area (Å²) in [7, 11) is 3.28. The van der Waals surface area contributed by atoms with Crippen LogP contribution in [0.5, 0.6) is 0 Å². The minimum atomic E-state index is -4.42. The molecule has 0 aromatic carbocycles. The van der Waals surface area contributed by atoms with Gasteiger partial charge in [0.1, 0.15) is 0 Å². The molecule has 0 saturated carbocycles. The Labute approximate surface area is 83.3 Å². The highest BCUT2D eigenvalue weighted by molar-refractivity contribution is 7.15. The minimum absolute atomic E-state index is 0.0706. The van der Waals surface area contributed by atoms with Gasteiger partial charge < -0.3 is 10.6 Å². The highest BCUT2D eigenvalue weighted by atomic mass is 32.1. The van der Waals surface area contributed by atoms with Crippen molar-refractivity contribution < 1.29 is 13.2 Å². The van der Waals surface area contributed by atoms with Crippen LogP contribution in [0.15, 0.2) is 0 Å². The van der Waals surface area contributed by atoms with Crippen LogP contribution in [0.25, 0.3) is 0 Å². The summed E-state index contributed by atoms with van der Waals surface area (Å²) in [5.41, 5.74) is 4.35. The Morgan fingerprint density at radius 2 is 2.00 bits per heavy atom. The molecular weight excluding hydrogens is 215 g/mol. The van der Waals surface area contributed by atoms with Gasteiger partial charge in [0.15, 0.2) is 10.8 Å². The van der Waals surface area contributed by atoms with Gasteiger partial charge in [-0.05, 0) is 0 Å². The van der Waals surface area contributed by atoms with Crippen LogP contribution in [0.2, 0.25) is 0 Å². The summed E-state index contributed by atoms with van der Waals surface area (Å²) in [6.45, 7) is -0.139. The van der Waals surface area contributed by atoms with Gasteiger partial charge in [0, 0.05) is 20.6 Å². The maximum absolute atomic E-state index is 12.4. The zero-order valence-corrected chi connectivity index (χ0v) is 8.54. The molecule has 0 radical (unpaired) electrons. The number of nitrogens with two attached hydrogens (primary N) is 1. The van der Waals surface area contributed by atoms with Crippen molar-refractivity contribution in [1.82, 2.24) is 4.98 Å². The van der Waals surface area contributed by atoms with Crippen molar-refractivity contribution in [2.75, 3.05) is 19.0 Å². The summed E-state index contributed by atoms with van der Waals surface area (Å²) in [6, 6.07) is 0. The fraction of sp³-hybridized carbons (Fsp3) is 0.571. The van der Waals surface area contributed by atoms with Crippen molar-refractivity contribution in [3.05, 3.63) is 10.6 Å². The van der Waals surface area contributed by atoms with E-state index in [0.29, 0.717) is 5.13 Å². The summed E-state index contributed by atoms with van der Waals surface area (Å²) in [5.74, 6) is 0. The number of hydrogen-bond acceptors (Lipinski definition) is 4. The van der Waals surface area contributed by atoms with Crippen molar-refractivity contribution >= 4 is 16.5 Å². The molecule has 0 unspecified atom stereocenters. The van der Waals surface area contributed by atoms with E-state index in [-0.39, 0.29) is 11.4 Å². The Hall–Kier alpha value is -0.820. The van der Waals surface area contributed by atoms with Gasteiger partial charge in [-0.1, -0.05) is 11.3 Å². The predicted molar refractivity (Wildman–Crippen MR) is 49.3 cm³/mol. The summed E-state index contributed by atoms with van der Waals surface area (Å²) >= 11 is 0.964. The quantitative estimate of drug-likeness (QED) is 0.832. The number of thiazole rings is 1. The number of rotatable bonds is 2. The third-order valence-electron chi connectivity index (χ3n) is 1.52. The van der Waals surface area contributed by atoms with Crippen molar-refractivity contribution in [2.45, 2.75) is 12.7 Å². The summed E-state index contributed by atoms with van der Waals surface area (Å²) < 4.78 is 37.1. The SMILES string of the molecule is CN(C)c1nc(C(F)(F)F)c(CN)s1. The van der Waals surface area contributed by atoms with E-state index in [0.717, 1.165) is 11.3 Å². The molecule has 1 aromatic rings. The molecule has 0 aliphatic rings. The molecule has 7 heteroatoms. The number of aromatic nitrogens is 1. The summed E-state index contributed by atoms with van der Waals surface area (Å²) in [5, 5.41) is 0.317. The Balaban J connectivity index is 3.16. The smallest absolute Gasteiger partial charge is 0.354 e. The lowest BCUT2D eigenvalue weighted by Crippen LogP contribution is -2.12. The van der Waals surface area contributed by atoms with E-state index < -0.39 is 11.9 Å². The largest absolute Gasteiger partial charge is 0.434 e. The van der Waals surface area contributed by atoms with E-state index >= 15 is 0 Å². The van der Waals surface area contributed by atoms with Crippen LogP contribution < -0.4 is 10.6 Å². The van der Waals surface area contributed by atoms with Crippen molar-refractivity contribution in [1.29, 1.82) is 0 Å². The highest BCUT2D eigenvalue weighted by Crippen LogP contribution is 2.36. The van der Waals surface area contributed by atoms with Crippen molar-refractivity contribution in [2.24, 2.45) is 5.73 Å². The Kier molecular flexibility index (Phi) is 3.01. The maximum Gasteiger partial charge on any atom is 0.434 e. The van der Waals surface area contributed by atoms with Crippen molar-refractivity contribution in [3.8, 4) is 0 Å². The fourth-order valence-electron chi connectivity index (χ4n) is 0.890. The molecule has 0 aliphatic carbocycles. The van der Waals surface area contributed by atoms with Crippen LogP contribution in [0, 0.1) is 0 Å². The average molecular weight is 225 g/mol. The third kappa shape index (κ3) is 2.16. The van der Waals surface area contributed by atoms with Crippen LogP contribution in [-0.4, -0.2) is 19.1 Å². The molecular formula is C7H10F3N3S. The molecule has 0 spiro atoms. The monoisotopic (exact) mass is 225 g/mol. The molecule has 80 valence electrons. The molecule has 1 rings (SSSR count). The molecule has 0 fully saturated rings. The first-order valence-corrected chi connectivity index (χ1v) is 4.62. The summed E-state index contributed by atoms with van der Waals surface area (Å²) in [4.78, 5) is 5.09. The number of alkyl halides is 3. The molecule has 0 bridgehead atoms. The third-order valence-corrected chi connectivity index (χ3v) is 2.77. The number of hydrogen-bond donors (Lipinski definition) is 1. The second-order valence-corrected chi connectivity index (χ2v) is 3.93. The molecule has 0 saturated heterocycles. The Bertz CT molecular complexity index is 318. The zero-order valence-electron chi connectivity index (χ0n) is 7.72. The van der Waals surface area contributed by atoms with E-state index in [4.69, 9.17) is 5.73 Å². The van der Waals surface area contributed by atoms with Crippen LogP contribution >= 0.6 is 11.3 Å². The van der Waals surface area contributed by atoms with E-state index in [1.54, 1.807) is 14.1 Å². The van der Waals surface area contributed by atoms with Gasteiger partial charge in [-0.3, -0.25) is 0 Å². The summed E-state index contributed by atoms with van der Waals surface area (Å²) in [6.07, 6.45) is -4.42. The standard InChI is InChI=1S/C7H10F3N3S/c1-13(2)6-12-5(7(8,9)10)4(3-11)14-6/h3,11H2,1-2H3. The highest BCUT2D eigenvalue weighted by Gasteiger charge is 2.37. The second-order valence-electron chi connectivity index (χ2n) is 2.86. The molecule has 3 nitrogen and oxygen atoms in total. The number of nitrogens with zero attached hydrogens (tertiary/aromatic N) is 2. The lowest BCUT2D eigenvalue weighted by Gasteiger charge is -2.06. The van der Waals surface area contributed by atoms with Crippen molar-refractivity contribution in [3.63, 3.8) is 0 Å². The van der Waals surface area contributed by atoms with Gasteiger partial charge in [0.25, 0.3) is 0 Å². The van der Waals surface area contributed by atoms with Gasteiger partial charge in [-0.25, -0.2) is 4.98 Å². The number of halogens is 3. The molecule has 0 amide bonds. The zero-order chi connectivity index (χ0) is 10.9. The van der Waals surface area contributed by atoms with E-state index in [1.807, 2.05) is 0 Å². The first-order valence-electron chi connectivity index (χ1n) is 3.80. The lowest BCUT2D eigenvalue weighted by atomic mass is 10.3. The Morgan fingerprint density at radius 3 is 2.29 bits per heavy atom. The van der Waals surface area contributed by atoms with Gasteiger partial charge in [0.2, 0.25) is 0 Å².